The van der Waals surface area contributed by atoms with Gasteiger partial charge < -0.3 is 9.64 Å². The third-order valence-electron chi connectivity index (χ3n) is 5.16. The van der Waals surface area contributed by atoms with E-state index >= 15 is 4.39 Å². The summed E-state index contributed by atoms with van der Waals surface area (Å²) >= 11 is 0. The van der Waals surface area contributed by atoms with Crippen LogP contribution >= 0.6 is 0 Å². The largest absolute Gasteiger partial charge is 0.444 e. The molecule has 3 nitrogen and oxygen atoms in total. The van der Waals surface area contributed by atoms with Crippen molar-refractivity contribution in [3.8, 4) is 0 Å². The van der Waals surface area contributed by atoms with Gasteiger partial charge in [0, 0.05) is 19.0 Å². The molecule has 1 aliphatic heterocycles. The van der Waals surface area contributed by atoms with E-state index < -0.39 is 34.9 Å². The predicted molar refractivity (Wildman–Crippen MR) is 105 cm³/mol. The van der Waals surface area contributed by atoms with Crippen LogP contribution in [0.15, 0.2) is 48.5 Å². The van der Waals surface area contributed by atoms with Crippen molar-refractivity contribution < 1.29 is 22.7 Å². The van der Waals surface area contributed by atoms with Crippen LogP contribution in [0.4, 0.5) is 18.0 Å². The Balaban J connectivity index is 1.96. The minimum Gasteiger partial charge on any atom is -0.444 e. The minimum absolute atomic E-state index is 0.153. The fourth-order valence-corrected chi connectivity index (χ4v) is 3.82. The number of carbonyl (C=O) groups is 1. The summed E-state index contributed by atoms with van der Waals surface area (Å²) in [5.74, 6) is -1.51. The Morgan fingerprint density at radius 2 is 1.45 bits per heavy atom. The number of halogens is 3. The van der Waals surface area contributed by atoms with Gasteiger partial charge in [-0.15, -0.1) is 0 Å². The van der Waals surface area contributed by atoms with Gasteiger partial charge in [-0.05, 0) is 69.0 Å². The Labute approximate surface area is 169 Å². The first-order valence-electron chi connectivity index (χ1n) is 9.78. The molecule has 0 saturated carbocycles. The molecule has 0 spiro atoms. The van der Waals surface area contributed by atoms with Crippen molar-refractivity contribution in [3.63, 3.8) is 0 Å². The lowest BCUT2D eigenvalue weighted by Crippen LogP contribution is -2.48. The molecule has 0 aromatic heterocycles. The number of benzene rings is 2. The van der Waals surface area contributed by atoms with E-state index in [-0.39, 0.29) is 17.7 Å². The molecule has 0 unspecified atom stereocenters. The molecule has 1 amide bonds. The second-order valence-electron chi connectivity index (χ2n) is 8.49. The number of nitrogens with zero attached hydrogens (tertiary/aromatic N) is 1. The van der Waals surface area contributed by atoms with Crippen LogP contribution in [0.2, 0.25) is 0 Å². The first-order chi connectivity index (χ1) is 13.6. The van der Waals surface area contributed by atoms with Crippen LogP contribution in [0.1, 0.15) is 44.7 Å². The summed E-state index contributed by atoms with van der Waals surface area (Å²) in [5, 5.41) is 0. The Bertz CT molecular complexity index is 798. The van der Waals surface area contributed by atoms with Crippen molar-refractivity contribution >= 4 is 6.09 Å². The Morgan fingerprint density at radius 3 is 1.90 bits per heavy atom. The number of hydrogen-bond acceptors (Lipinski definition) is 2. The van der Waals surface area contributed by atoms with Crippen LogP contribution in [0.5, 0.6) is 0 Å². The zero-order valence-electron chi connectivity index (χ0n) is 16.9. The molecule has 3 rings (SSSR count). The fraction of sp³-hybridized carbons (Fsp3) is 0.435. The highest BCUT2D eigenvalue weighted by Gasteiger charge is 2.45. The van der Waals surface area contributed by atoms with Crippen molar-refractivity contribution in [2.45, 2.75) is 44.9 Å². The number of alkyl halides is 1. The fourth-order valence-electron chi connectivity index (χ4n) is 3.82. The third-order valence-corrected chi connectivity index (χ3v) is 5.16. The third kappa shape index (κ3) is 4.74. The van der Waals surface area contributed by atoms with Crippen LogP contribution in [0.3, 0.4) is 0 Å². The van der Waals surface area contributed by atoms with Gasteiger partial charge in [-0.2, -0.15) is 0 Å². The maximum absolute atomic E-state index is 16.8. The summed E-state index contributed by atoms with van der Waals surface area (Å²) in [4.78, 5) is 14.0. The summed E-state index contributed by atoms with van der Waals surface area (Å²) < 4.78 is 49.1. The van der Waals surface area contributed by atoms with E-state index in [9.17, 15) is 13.6 Å². The van der Waals surface area contributed by atoms with Crippen LogP contribution in [-0.4, -0.2) is 29.7 Å². The molecule has 1 saturated heterocycles. The number of amides is 1. The first kappa shape index (κ1) is 21.2. The Hall–Kier alpha value is -2.50. The van der Waals surface area contributed by atoms with Gasteiger partial charge in [0.1, 0.15) is 17.2 Å². The summed E-state index contributed by atoms with van der Waals surface area (Å²) in [6.07, 6.45) is 0.658. The molecule has 0 aliphatic carbocycles. The van der Waals surface area contributed by atoms with Gasteiger partial charge in [-0.3, -0.25) is 0 Å². The quantitative estimate of drug-likeness (QED) is 0.643. The lowest BCUT2D eigenvalue weighted by molar-refractivity contribution is 0.00147. The SMILES string of the molecule is CC(C)(C)OC(=O)N1CCC[C@H](C(F)(c2ccc(F)cc2)c2ccc(F)cc2)C1. The van der Waals surface area contributed by atoms with Gasteiger partial charge in [-0.1, -0.05) is 24.3 Å². The predicted octanol–water partition coefficient (Wildman–Crippen LogP) is 5.83. The average Bonchev–Trinajstić information content (AvgIpc) is 2.67. The molecule has 2 aromatic rings. The molecular weight excluding hydrogens is 379 g/mol. The number of likely N-dealkylation sites (tertiary alicyclic amines) is 1. The summed E-state index contributed by atoms with van der Waals surface area (Å²) in [6.45, 7) is 5.98. The highest BCUT2D eigenvalue weighted by Crippen LogP contribution is 2.45. The zero-order chi connectivity index (χ0) is 21.2. The van der Waals surface area contributed by atoms with Crippen molar-refractivity contribution in [3.05, 3.63) is 71.3 Å². The van der Waals surface area contributed by atoms with Crippen LogP contribution in [0, 0.1) is 17.6 Å². The van der Waals surface area contributed by atoms with Gasteiger partial charge in [0.05, 0.1) is 0 Å². The van der Waals surface area contributed by atoms with E-state index in [4.69, 9.17) is 4.74 Å². The highest BCUT2D eigenvalue weighted by molar-refractivity contribution is 5.68. The number of rotatable bonds is 3. The molecule has 29 heavy (non-hydrogen) atoms. The van der Waals surface area contributed by atoms with E-state index in [0.29, 0.717) is 19.4 Å². The van der Waals surface area contributed by atoms with Gasteiger partial charge >= 0.3 is 6.09 Å². The van der Waals surface area contributed by atoms with Gasteiger partial charge in [-0.25, -0.2) is 18.0 Å². The molecule has 1 fully saturated rings. The average molecular weight is 405 g/mol. The number of carbonyl (C=O) groups excluding carboxylic acids is 1. The van der Waals surface area contributed by atoms with E-state index in [2.05, 4.69) is 0 Å². The van der Waals surface area contributed by atoms with Crippen LogP contribution in [0.25, 0.3) is 0 Å². The van der Waals surface area contributed by atoms with Crippen molar-refractivity contribution in [1.29, 1.82) is 0 Å². The normalized spacial score (nSPS) is 17.9. The Kier molecular flexibility index (Phi) is 5.92. The highest BCUT2D eigenvalue weighted by atomic mass is 19.1. The molecule has 2 aromatic carbocycles. The standard InChI is InChI=1S/C23H26F3NO2/c1-22(2,3)29-21(28)27-14-4-5-18(15-27)23(26,16-6-10-19(24)11-7-16)17-8-12-20(25)13-9-17/h6-13,18H,4-5,14-15H2,1-3H3/t18-/m0/s1. The zero-order valence-corrected chi connectivity index (χ0v) is 16.9. The first-order valence-corrected chi connectivity index (χ1v) is 9.78. The Morgan fingerprint density at radius 1 is 0.966 bits per heavy atom. The monoisotopic (exact) mass is 405 g/mol. The number of piperidine rings is 1. The van der Waals surface area contributed by atoms with Crippen molar-refractivity contribution in [2.24, 2.45) is 5.92 Å². The molecule has 1 heterocycles. The van der Waals surface area contributed by atoms with E-state index in [1.165, 1.54) is 53.4 Å². The summed E-state index contributed by atoms with van der Waals surface area (Å²) in [5.41, 5.74) is -2.09. The molecule has 6 heteroatoms. The second-order valence-corrected chi connectivity index (χ2v) is 8.49. The van der Waals surface area contributed by atoms with Crippen LogP contribution < -0.4 is 0 Å². The molecule has 0 N–H and O–H groups in total. The molecule has 0 radical (unpaired) electrons. The smallest absolute Gasteiger partial charge is 0.410 e. The van der Waals surface area contributed by atoms with Gasteiger partial charge in [0.2, 0.25) is 0 Å². The maximum Gasteiger partial charge on any atom is 0.410 e. The van der Waals surface area contributed by atoms with E-state index in [1.807, 2.05) is 0 Å². The topological polar surface area (TPSA) is 29.5 Å². The van der Waals surface area contributed by atoms with E-state index in [0.717, 1.165) is 0 Å². The number of hydrogen-bond donors (Lipinski definition) is 0. The van der Waals surface area contributed by atoms with Crippen molar-refractivity contribution in [2.75, 3.05) is 13.1 Å². The number of ether oxygens (including phenoxy) is 1. The minimum atomic E-state index is -2.00. The van der Waals surface area contributed by atoms with Crippen LogP contribution in [-0.2, 0) is 10.4 Å². The van der Waals surface area contributed by atoms with Gasteiger partial charge in [0.25, 0.3) is 0 Å². The molecule has 1 atom stereocenters. The second kappa shape index (κ2) is 8.09. The summed E-state index contributed by atoms with van der Waals surface area (Å²) in [6, 6.07) is 10.5. The lowest BCUT2D eigenvalue weighted by Gasteiger charge is -2.41. The molecular formula is C23H26F3NO2. The van der Waals surface area contributed by atoms with Gasteiger partial charge in [0.15, 0.2) is 5.67 Å². The maximum atomic E-state index is 16.8. The summed E-state index contributed by atoms with van der Waals surface area (Å²) in [7, 11) is 0. The lowest BCUT2D eigenvalue weighted by atomic mass is 9.74. The molecule has 0 bridgehead atoms. The van der Waals surface area contributed by atoms with E-state index in [1.54, 1.807) is 20.8 Å². The molecule has 1 aliphatic rings. The van der Waals surface area contributed by atoms with Crippen molar-refractivity contribution in [1.82, 2.24) is 4.90 Å². The molecule has 156 valence electrons.